The number of imidazole rings is 1. The van der Waals surface area contributed by atoms with Crippen molar-refractivity contribution in [3.05, 3.63) is 53.3 Å². The lowest BCUT2D eigenvalue weighted by Gasteiger charge is -2.18. The van der Waals surface area contributed by atoms with Gasteiger partial charge in [0.2, 0.25) is 11.9 Å². The molecule has 1 aliphatic rings. The highest BCUT2D eigenvalue weighted by Crippen LogP contribution is 2.30. The zero-order valence-electron chi connectivity index (χ0n) is 13.5. The van der Waals surface area contributed by atoms with Gasteiger partial charge in [-0.05, 0) is 30.3 Å². The van der Waals surface area contributed by atoms with Crippen LogP contribution >= 0.6 is 11.6 Å². The van der Waals surface area contributed by atoms with Crippen molar-refractivity contribution >= 4 is 40.2 Å². The first-order valence-electron chi connectivity index (χ1n) is 7.96. The van der Waals surface area contributed by atoms with Crippen molar-refractivity contribution in [2.45, 2.75) is 12.5 Å². The van der Waals surface area contributed by atoms with E-state index in [1.165, 1.54) is 12.1 Å². The van der Waals surface area contributed by atoms with Gasteiger partial charge in [0.25, 0.3) is 0 Å². The average molecular weight is 359 g/mol. The van der Waals surface area contributed by atoms with Crippen molar-refractivity contribution < 1.29 is 9.18 Å². The summed E-state index contributed by atoms with van der Waals surface area (Å²) in [7, 11) is 1.82. The van der Waals surface area contributed by atoms with Crippen molar-refractivity contribution in [2.75, 3.05) is 16.8 Å². The molecule has 3 aromatic rings. The van der Waals surface area contributed by atoms with Crippen LogP contribution in [-0.2, 0) is 11.8 Å². The lowest BCUT2D eigenvalue weighted by Crippen LogP contribution is -2.28. The molecule has 1 unspecified atom stereocenters. The number of fused-ring (bicyclic) bond motifs is 1. The number of anilines is 2. The Morgan fingerprint density at radius 2 is 2.08 bits per heavy atom. The summed E-state index contributed by atoms with van der Waals surface area (Å²) in [5, 5.41) is 3.84. The molecule has 128 valence electrons. The number of carbonyl (C=O) groups excluding carboxylic acids is 1. The molecule has 0 spiro atoms. The summed E-state index contributed by atoms with van der Waals surface area (Å²) in [5.74, 6) is 0.317. The van der Waals surface area contributed by atoms with Gasteiger partial charge >= 0.3 is 0 Å². The zero-order chi connectivity index (χ0) is 17.6. The third kappa shape index (κ3) is 2.82. The largest absolute Gasteiger partial charge is 0.351 e. The fourth-order valence-corrected chi connectivity index (χ4v) is 3.42. The normalized spacial score (nSPS) is 17.5. The lowest BCUT2D eigenvalue weighted by molar-refractivity contribution is -0.117. The van der Waals surface area contributed by atoms with Crippen LogP contribution in [0.15, 0.2) is 42.5 Å². The molecule has 7 heteroatoms. The second kappa shape index (κ2) is 6.04. The Bertz CT molecular complexity index is 971. The van der Waals surface area contributed by atoms with E-state index in [1.54, 1.807) is 21.6 Å². The Morgan fingerprint density at radius 1 is 1.28 bits per heavy atom. The molecule has 2 aromatic carbocycles. The van der Waals surface area contributed by atoms with Crippen LogP contribution in [-0.4, -0.2) is 28.0 Å². The van der Waals surface area contributed by atoms with Gasteiger partial charge in [0.15, 0.2) is 0 Å². The van der Waals surface area contributed by atoms with Crippen molar-refractivity contribution in [2.24, 2.45) is 7.05 Å². The number of benzene rings is 2. The first-order chi connectivity index (χ1) is 12.0. The van der Waals surface area contributed by atoms with E-state index < -0.39 is 0 Å². The number of hydrogen-bond donors (Lipinski definition) is 1. The number of halogens is 2. The number of aromatic nitrogens is 2. The Labute approximate surface area is 149 Å². The molecule has 5 nitrogen and oxygen atoms in total. The highest BCUT2D eigenvalue weighted by molar-refractivity contribution is 6.33. The molecule has 0 radical (unpaired) electrons. The van der Waals surface area contributed by atoms with Crippen molar-refractivity contribution in [1.82, 2.24) is 9.55 Å². The summed E-state index contributed by atoms with van der Waals surface area (Å²) in [6.07, 6.45) is 0.350. The third-order valence-corrected chi connectivity index (χ3v) is 4.76. The summed E-state index contributed by atoms with van der Waals surface area (Å²) in [5.41, 5.74) is 2.12. The zero-order valence-corrected chi connectivity index (χ0v) is 14.3. The Balaban J connectivity index is 1.58. The molecule has 25 heavy (non-hydrogen) atoms. The predicted octanol–water partition coefficient (Wildman–Crippen LogP) is 3.58. The van der Waals surface area contributed by atoms with Gasteiger partial charge in [0.05, 0.1) is 27.8 Å². The molecular formula is C18H16ClFN4O. The summed E-state index contributed by atoms with van der Waals surface area (Å²) in [4.78, 5) is 18.5. The minimum atomic E-state index is -0.303. The summed E-state index contributed by atoms with van der Waals surface area (Å²) in [6.45, 7) is 0.500. The first kappa shape index (κ1) is 15.9. The van der Waals surface area contributed by atoms with Crippen LogP contribution in [0.25, 0.3) is 11.0 Å². The number of amides is 1. The number of nitrogens with zero attached hydrogens (tertiary/aromatic N) is 3. The molecular weight excluding hydrogens is 343 g/mol. The predicted molar refractivity (Wildman–Crippen MR) is 96.5 cm³/mol. The van der Waals surface area contributed by atoms with Gasteiger partial charge in [0.1, 0.15) is 5.82 Å². The van der Waals surface area contributed by atoms with Crippen molar-refractivity contribution in [1.29, 1.82) is 0 Å². The Morgan fingerprint density at radius 3 is 2.88 bits per heavy atom. The molecule has 1 amide bonds. The van der Waals surface area contributed by atoms with Crippen LogP contribution in [0.4, 0.5) is 16.0 Å². The van der Waals surface area contributed by atoms with Gasteiger partial charge in [-0.25, -0.2) is 9.37 Å². The number of hydrogen-bond acceptors (Lipinski definition) is 3. The van der Waals surface area contributed by atoms with Crippen molar-refractivity contribution in [3.63, 3.8) is 0 Å². The Kier molecular flexibility index (Phi) is 3.84. The van der Waals surface area contributed by atoms with Crippen LogP contribution in [0.5, 0.6) is 0 Å². The van der Waals surface area contributed by atoms with Crippen molar-refractivity contribution in [3.8, 4) is 0 Å². The minimum Gasteiger partial charge on any atom is -0.351 e. The quantitative estimate of drug-likeness (QED) is 0.778. The summed E-state index contributed by atoms with van der Waals surface area (Å²) >= 11 is 6.20. The average Bonchev–Trinajstić information content (AvgIpc) is 3.09. The van der Waals surface area contributed by atoms with Crippen LogP contribution in [0.1, 0.15) is 6.42 Å². The van der Waals surface area contributed by atoms with Crippen LogP contribution in [0, 0.1) is 5.82 Å². The Hall–Kier alpha value is -2.60. The second-order valence-electron chi connectivity index (χ2n) is 6.13. The van der Waals surface area contributed by atoms with E-state index in [4.69, 9.17) is 11.6 Å². The van der Waals surface area contributed by atoms with E-state index in [9.17, 15) is 9.18 Å². The second-order valence-corrected chi connectivity index (χ2v) is 6.54. The smallest absolute Gasteiger partial charge is 0.229 e. The van der Waals surface area contributed by atoms with E-state index in [0.717, 1.165) is 0 Å². The number of rotatable bonds is 3. The summed E-state index contributed by atoms with van der Waals surface area (Å²) in [6, 6.07) is 11.7. The molecule has 1 atom stereocenters. The van der Waals surface area contributed by atoms with E-state index in [2.05, 4.69) is 10.3 Å². The minimum absolute atomic E-state index is 0.00964. The van der Waals surface area contributed by atoms with E-state index >= 15 is 0 Å². The maximum Gasteiger partial charge on any atom is 0.229 e. The summed E-state index contributed by atoms with van der Waals surface area (Å²) < 4.78 is 15.2. The topological polar surface area (TPSA) is 50.2 Å². The first-order valence-corrected chi connectivity index (χ1v) is 8.34. The standard InChI is InChI=1S/C18H16ClFN4O/c1-23-16-8-11(20)6-7-14(16)22-18(23)21-12-9-17(25)24(10-12)15-5-3-2-4-13(15)19/h2-8,12H,9-10H2,1H3,(H,21,22). The maximum atomic E-state index is 13.4. The molecule has 0 saturated carbocycles. The van der Waals surface area contributed by atoms with E-state index in [0.29, 0.717) is 40.7 Å². The molecule has 1 saturated heterocycles. The van der Waals surface area contributed by atoms with E-state index in [1.807, 2.05) is 25.2 Å². The molecule has 2 heterocycles. The van der Waals surface area contributed by atoms with Crippen LogP contribution < -0.4 is 10.2 Å². The highest BCUT2D eigenvalue weighted by Gasteiger charge is 2.32. The monoisotopic (exact) mass is 358 g/mol. The lowest BCUT2D eigenvalue weighted by atomic mass is 10.2. The van der Waals surface area contributed by atoms with Gasteiger partial charge in [0, 0.05) is 20.0 Å². The van der Waals surface area contributed by atoms with Gasteiger partial charge < -0.3 is 14.8 Å². The van der Waals surface area contributed by atoms with Gasteiger partial charge in [-0.2, -0.15) is 0 Å². The number of nitrogens with one attached hydrogen (secondary N) is 1. The fraction of sp³-hybridized carbons (Fsp3) is 0.222. The third-order valence-electron chi connectivity index (χ3n) is 4.44. The number of aryl methyl sites for hydroxylation is 1. The molecule has 0 aliphatic carbocycles. The molecule has 0 bridgehead atoms. The van der Waals surface area contributed by atoms with Gasteiger partial charge in [-0.15, -0.1) is 0 Å². The van der Waals surface area contributed by atoms with Gasteiger partial charge in [-0.3, -0.25) is 4.79 Å². The number of para-hydroxylation sites is 1. The fourth-order valence-electron chi connectivity index (χ4n) is 3.18. The SMILES string of the molecule is Cn1c(NC2CC(=O)N(c3ccccc3Cl)C2)nc2ccc(F)cc21. The maximum absolute atomic E-state index is 13.4. The molecule has 4 rings (SSSR count). The molecule has 1 N–H and O–H groups in total. The molecule has 1 fully saturated rings. The highest BCUT2D eigenvalue weighted by atomic mass is 35.5. The van der Waals surface area contributed by atoms with Gasteiger partial charge in [-0.1, -0.05) is 23.7 Å². The van der Waals surface area contributed by atoms with Crippen LogP contribution in [0.2, 0.25) is 5.02 Å². The molecule has 1 aliphatic heterocycles. The van der Waals surface area contributed by atoms with E-state index in [-0.39, 0.29) is 17.8 Å². The van der Waals surface area contributed by atoms with Crippen LogP contribution in [0.3, 0.4) is 0 Å². The molecule has 1 aromatic heterocycles. The number of carbonyl (C=O) groups is 1.